The molecule has 0 fully saturated rings. The van der Waals surface area contributed by atoms with Gasteiger partial charge in [0, 0.05) is 17.7 Å². The predicted molar refractivity (Wildman–Crippen MR) is 76.5 cm³/mol. The SMILES string of the molecule is Cc1ccc(C(=O)c2cccc3c2CCNC3)cc1. The summed E-state index contributed by atoms with van der Waals surface area (Å²) >= 11 is 0. The molecule has 96 valence electrons. The van der Waals surface area contributed by atoms with Crippen molar-refractivity contribution >= 4 is 5.78 Å². The lowest BCUT2D eigenvalue weighted by atomic mass is 9.91. The molecule has 0 saturated heterocycles. The zero-order valence-corrected chi connectivity index (χ0v) is 11.1. The lowest BCUT2D eigenvalue weighted by Gasteiger charge is -2.19. The highest BCUT2D eigenvalue weighted by molar-refractivity contribution is 6.10. The second-order valence-electron chi connectivity index (χ2n) is 5.07. The zero-order chi connectivity index (χ0) is 13.2. The summed E-state index contributed by atoms with van der Waals surface area (Å²) in [5.41, 5.74) is 5.28. The molecule has 0 bridgehead atoms. The number of rotatable bonds is 2. The first-order chi connectivity index (χ1) is 9.25. The standard InChI is InChI=1S/C17H17NO/c1-12-5-7-13(8-6-12)17(19)16-4-2-3-14-11-18-10-9-15(14)16/h2-8,18H,9-11H2,1H3. The summed E-state index contributed by atoms with van der Waals surface area (Å²) in [6.45, 7) is 3.85. The van der Waals surface area contributed by atoms with Gasteiger partial charge in [0.05, 0.1) is 0 Å². The Balaban J connectivity index is 2.02. The minimum atomic E-state index is 0.138. The molecule has 0 aliphatic carbocycles. The van der Waals surface area contributed by atoms with E-state index in [0.717, 1.165) is 30.6 Å². The molecule has 2 nitrogen and oxygen atoms in total. The molecule has 0 spiro atoms. The normalized spacial score (nSPS) is 13.9. The van der Waals surface area contributed by atoms with Crippen molar-refractivity contribution in [2.24, 2.45) is 0 Å². The van der Waals surface area contributed by atoms with E-state index in [1.165, 1.54) is 16.7 Å². The highest BCUT2D eigenvalue weighted by Gasteiger charge is 2.18. The number of carbonyl (C=O) groups is 1. The molecule has 1 aliphatic rings. The maximum atomic E-state index is 12.6. The van der Waals surface area contributed by atoms with E-state index in [9.17, 15) is 4.79 Å². The number of fused-ring (bicyclic) bond motifs is 1. The van der Waals surface area contributed by atoms with E-state index in [1.807, 2.05) is 43.3 Å². The van der Waals surface area contributed by atoms with Crippen molar-refractivity contribution in [3.05, 3.63) is 70.3 Å². The number of aryl methyl sites for hydroxylation is 1. The van der Waals surface area contributed by atoms with Gasteiger partial charge in [-0.25, -0.2) is 0 Å². The van der Waals surface area contributed by atoms with E-state index in [-0.39, 0.29) is 5.78 Å². The molecule has 0 unspecified atom stereocenters. The van der Waals surface area contributed by atoms with Gasteiger partial charge >= 0.3 is 0 Å². The van der Waals surface area contributed by atoms with Crippen molar-refractivity contribution in [3.8, 4) is 0 Å². The Labute approximate surface area is 113 Å². The summed E-state index contributed by atoms with van der Waals surface area (Å²) in [6, 6.07) is 13.8. The van der Waals surface area contributed by atoms with Crippen LogP contribution in [0.5, 0.6) is 0 Å². The van der Waals surface area contributed by atoms with Gasteiger partial charge in [-0.15, -0.1) is 0 Å². The molecule has 0 saturated carbocycles. The Morgan fingerprint density at radius 3 is 2.68 bits per heavy atom. The molecule has 0 radical (unpaired) electrons. The fraction of sp³-hybridized carbons (Fsp3) is 0.235. The van der Waals surface area contributed by atoms with Crippen LogP contribution in [0.1, 0.15) is 32.6 Å². The number of ketones is 1. The molecule has 3 rings (SSSR count). The van der Waals surface area contributed by atoms with Crippen LogP contribution >= 0.6 is 0 Å². The molecule has 2 heteroatoms. The monoisotopic (exact) mass is 251 g/mol. The summed E-state index contributed by atoms with van der Waals surface area (Å²) < 4.78 is 0. The van der Waals surface area contributed by atoms with E-state index in [2.05, 4.69) is 11.4 Å². The largest absolute Gasteiger partial charge is 0.312 e. The van der Waals surface area contributed by atoms with Crippen LogP contribution < -0.4 is 5.32 Å². The average molecular weight is 251 g/mol. The van der Waals surface area contributed by atoms with Crippen molar-refractivity contribution in [2.75, 3.05) is 6.54 Å². The van der Waals surface area contributed by atoms with Gasteiger partial charge in [-0.2, -0.15) is 0 Å². The quantitative estimate of drug-likeness (QED) is 0.832. The van der Waals surface area contributed by atoms with Crippen molar-refractivity contribution in [1.29, 1.82) is 0 Å². The molecule has 0 aromatic heterocycles. The average Bonchev–Trinajstić information content (AvgIpc) is 2.47. The molecule has 2 aromatic carbocycles. The summed E-state index contributed by atoms with van der Waals surface area (Å²) in [5, 5.41) is 3.34. The van der Waals surface area contributed by atoms with Crippen LogP contribution in [0.25, 0.3) is 0 Å². The van der Waals surface area contributed by atoms with Crippen LogP contribution in [0, 0.1) is 6.92 Å². The van der Waals surface area contributed by atoms with Crippen molar-refractivity contribution in [1.82, 2.24) is 5.32 Å². The Morgan fingerprint density at radius 1 is 1.11 bits per heavy atom. The second kappa shape index (κ2) is 4.98. The zero-order valence-electron chi connectivity index (χ0n) is 11.1. The number of hydrogen-bond acceptors (Lipinski definition) is 2. The first kappa shape index (κ1) is 12.1. The summed E-state index contributed by atoms with van der Waals surface area (Å²) in [7, 11) is 0. The van der Waals surface area contributed by atoms with Crippen molar-refractivity contribution in [3.63, 3.8) is 0 Å². The van der Waals surface area contributed by atoms with Crippen LogP contribution in [-0.2, 0) is 13.0 Å². The number of nitrogens with one attached hydrogen (secondary N) is 1. The van der Waals surface area contributed by atoms with Crippen LogP contribution in [0.15, 0.2) is 42.5 Å². The van der Waals surface area contributed by atoms with Gasteiger partial charge < -0.3 is 5.32 Å². The maximum absolute atomic E-state index is 12.6. The molecular weight excluding hydrogens is 234 g/mol. The van der Waals surface area contributed by atoms with Crippen LogP contribution in [0.2, 0.25) is 0 Å². The van der Waals surface area contributed by atoms with Gasteiger partial charge in [-0.05, 0) is 31.0 Å². The molecule has 1 aliphatic heterocycles. The molecule has 0 amide bonds. The Kier molecular flexibility index (Phi) is 3.18. The molecule has 0 atom stereocenters. The highest BCUT2D eigenvalue weighted by atomic mass is 16.1. The first-order valence-corrected chi connectivity index (χ1v) is 6.68. The lowest BCUT2D eigenvalue weighted by Crippen LogP contribution is -2.25. The number of benzene rings is 2. The van der Waals surface area contributed by atoms with Crippen LogP contribution in [0.3, 0.4) is 0 Å². The van der Waals surface area contributed by atoms with Crippen molar-refractivity contribution < 1.29 is 4.79 Å². The van der Waals surface area contributed by atoms with E-state index < -0.39 is 0 Å². The van der Waals surface area contributed by atoms with Gasteiger partial charge in [-0.3, -0.25) is 4.79 Å². The predicted octanol–water partition coefficient (Wildman–Crippen LogP) is 2.87. The Morgan fingerprint density at radius 2 is 1.89 bits per heavy atom. The summed E-state index contributed by atoms with van der Waals surface area (Å²) in [6.07, 6.45) is 0.934. The molecular formula is C17H17NO. The Hall–Kier alpha value is -1.93. The maximum Gasteiger partial charge on any atom is 0.193 e. The van der Waals surface area contributed by atoms with Crippen LogP contribution in [-0.4, -0.2) is 12.3 Å². The van der Waals surface area contributed by atoms with Gasteiger partial charge in [0.1, 0.15) is 0 Å². The second-order valence-corrected chi connectivity index (χ2v) is 5.07. The third-order valence-electron chi connectivity index (χ3n) is 3.70. The smallest absolute Gasteiger partial charge is 0.193 e. The van der Waals surface area contributed by atoms with Gasteiger partial charge in [0.2, 0.25) is 0 Å². The van der Waals surface area contributed by atoms with E-state index in [0.29, 0.717) is 0 Å². The molecule has 1 N–H and O–H groups in total. The summed E-state index contributed by atoms with van der Waals surface area (Å²) in [5.74, 6) is 0.138. The van der Waals surface area contributed by atoms with E-state index in [4.69, 9.17) is 0 Å². The van der Waals surface area contributed by atoms with Crippen LogP contribution in [0.4, 0.5) is 0 Å². The highest BCUT2D eigenvalue weighted by Crippen LogP contribution is 2.21. The minimum absolute atomic E-state index is 0.138. The minimum Gasteiger partial charge on any atom is -0.312 e. The van der Waals surface area contributed by atoms with E-state index >= 15 is 0 Å². The summed E-state index contributed by atoms with van der Waals surface area (Å²) in [4.78, 5) is 12.6. The van der Waals surface area contributed by atoms with Gasteiger partial charge in [-0.1, -0.05) is 48.0 Å². The fourth-order valence-corrected chi connectivity index (χ4v) is 2.61. The Bertz CT molecular complexity index is 614. The third-order valence-corrected chi connectivity index (χ3v) is 3.70. The number of carbonyl (C=O) groups excluding carboxylic acids is 1. The fourth-order valence-electron chi connectivity index (χ4n) is 2.61. The molecule has 1 heterocycles. The lowest BCUT2D eigenvalue weighted by molar-refractivity contribution is 0.103. The van der Waals surface area contributed by atoms with Crippen molar-refractivity contribution in [2.45, 2.75) is 19.9 Å². The van der Waals surface area contributed by atoms with Gasteiger partial charge in [0.25, 0.3) is 0 Å². The number of hydrogen-bond donors (Lipinski definition) is 1. The van der Waals surface area contributed by atoms with E-state index in [1.54, 1.807) is 0 Å². The van der Waals surface area contributed by atoms with Gasteiger partial charge in [0.15, 0.2) is 5.78 Å². The molecule has 19 heavy (non-hydrogen) atoms. The topological polar surface area (TPSA) is 29.1 Å². The first-order valence-electron chi connectivity index (χ1n) is 6.68. The third kappa shape index (κ3) is 2.32. The molecule has 2 aromatic rings.